The first-order valence-electron chi connectivity index (χ1n) is 5.56. The summed E-state index contributed by atoms with van der Waals surface area (Å²) in [6.07, 6.45) is 5.65. The molecule has 0 aromatic rings. The summed E-state index contributed by atoms with van der Waals surface area (Å²) in [7, 11) is 0. The highest BCUT2D eigenvalue weighted by Crippen LogP contribution is 2.33. The third kappa shape index (κ3) is 3.02. The molecule has 1 saturated carbocycles. The molecule has 0 N–H and O–H groups in total. The maximum absolute atomic E-state index is 11.9. The third-order valence-electron chi connectivity index (χ3n) is 2.89. The molecule has 86 valence electrons. The normalized spacial score (nSPS) is 19.5. The predicted molar refractivity (Wildman–Crippen MR) is 54.0 cm³/mol. The van der Waals surface area contributed by atoms with Gasteiger partial charge in [0, 0.05) is 6.42 Å². The Morgan fingerprint density at radius 1 is 1.33 bits per heavy atom. The van der Waals surface area contributed by atoms with Crippen LogP contribution in [0, 0.1) is 0 Å². The predicted octanol–water partition coefficient (Wildman–Crippen LogP) is 2.16. The Morgan fingerprint density at radius 2 is 2.00 bits per heavy atom. The summed E-state index contributed by atoms with van der Waals surface area (Å²) >= 11 is 0. The van der Waals surface area contributed by atoms with Gasteiger partial charge in [-0.3, -0.25) is 9.59 Å². The zero-order valence-corrected chi connectivity index (χ0v) is 9.16. The van der Waals surface area contributed by atoms with E-state index in [1.54, 1.807) is 0 Å². The van der Waals surface area contributed by atoms with Gasteiger partial charge in [-0.2, -0.15) is 4.89 Å². The van der Waals surface area contributed by atoms with Crippen molar-refractivity contribution in [2.75, 3.05) is 0 Å². The van der Waals surface area contributed by atoms with E-state index in [9.17, 15) is 9.59 Å². The number of rotatable bonds is 6. The molecule has 0 aromatic carbocycles. The molecule has 1 aliphatic rings. The molecule has 0 aliphatic heterocycles. The summed E-state index contributed by atoms with van der Waals surface area (Å²) < 4.78 is 0. The van der Waals surface area contributed by atoms with Crippen LogP contribution in [-0.4, -0.2) is 17.9 Å². The number of ketones is 1. The molecule has 0 atom stereocenters. The van der Waals surface area contributed by atoms with Gasteiger partial charge in [0.15, 0.2) is 11.4 Å². The van der Waals surface area contributed by atoms with Crippen molar-refractivity contribution in [3.05, 3.63) is 0 Å². The van der Waals surface area contributed by atoms with E-state index in [4.69, 9.17) is 4.89 Å². The molecule has 4 heteroatoms. The number of Topliss-reactive ketones (excluding diaryl/α,β-unsaturated/α-hetero) is 1. The topological polar surface area (TPSA) is 52.6 Å². The lowest BCUT2D eigenvalue weighted by Gasteiger charge is -2.32. The molecule has 0 unspecified atom stereocenters. The Labute approximate surface area is 89.9 Å². The van der Waals surface area contributed by atoms with Crippen LogP contribution in [0.5, 0.6) is 0 Å². The SMILES string of the molecule is CCCC(=O)C1(OOC=O)CCCCC1. The van der Waals surface area contributed by atoms with Crippen molar-refractivity contribution in [1.82, 2.24) is 0 Å². The molecule has 0 bridgehead atoms. The Bertz CT molecular complexity index is 219. The van der Waals surface area contributed by atoms with Gasteiger partial charge < -0.3 is 4.89 Å². The van der Waals surface area contributed by atoms with E-state index in [-0.39, 0.29) is 12.3 Å². The minimum absolute atomic E-state index is 0.0616. The molecular weight excluding hydrogens is 196 g/mol. The lowest BCUT2D eigenvalue weighted by atomic mass is 9.80. The van der Waals surface area contributed by atoms with Gasteiger partial charge in [-0.15, -0.1) is 0 Å². The van der Waals surface area contributed by atoms with Crippen LogP contribution < -0.4 is 0 Å². The number of carbonyl (C=O) groups excluding carboxylic acids is 2. The molecular formula is C11H18O4. The summed E-state index contributed by atoms with van der Waals surface area (Å²) in [4.78, 5) is 31.4. The van der Waals surface area contributed by atoms with Crippen molar-refractivity contribution < 1.29 is 19.4 Å². The fraction of sp³-hybridized carbons (Fsp3) is 0.818. The lowest BCUT2D eigenvalue weighted by molar-refractivity contribution is -0.319. The number of carbonyl (C=O) groups is 2. The molecule has 0 saturated heterocycles. The van der Waals surface area contributed by atoms with Gasteiger partial charge in [0.1, 0.15) is 0 Å². The summed E-state index contributed by atoms with van der Waals surface area (Å²) in [5.74, 6) is 0.0616. The number of hydrogen-bond acceptors (Lipinski definition) is 4. The fourth-order valence-electron chi connectivity index (χ4n) is 2.10. The second-order valence-corrected chi connectivity index (χ2v) is 4.00. The first-order chi connectivity index (χ1) is 7.25. The molecule has 0 aromatic heterocycles. The van der Waals surface area contributed by atoms with Crippen molar-refractivity contribution in [2.45, 2.75) is 57.5 Å². The van der Waals surface area contributed by atoms with Crippen LogP contribution in [0.2, 0.25) is 0 Å². The zero-order valence-electron chi connectivity index (χ0n) is 9.16. The molecule has 0 heterocycles. The van der Waals surface area contributed by atoms with Crippen LogP contribution in [0.15, 0.2) is 0 Å². The molecule has 15 heavy (non-hydrogen) atoms. The largest absolute Gasteiger partial charge is 0.330 e. The molecule has 0 radical (unpaired) electrons. The molecule has 0 amide bonds. The first-order valence-corrected chi connectivity index (χ1v) is 5.56. The standard InChI is InChI=1S/C11H18O4/c1-2-6-10(13)11(15-14-9-12)7-4-3-5-8-11/h9H,2-8H2,1H3. The second kappa shape index (κ2) is 5.85. The molecule has 0 spiro atoms. The van der Waals surface area contributed by atoms with Gasteiger partial charge in [-0.05, 0) is 32.1 Å². The summed E-state index contributed by atoms with van der Waals surface area (Å²) in [6, 6.07) is 0. The smallest absolute Gasteiger partial charge is 0.301 e. The summed E-state index contributed by atoms with van der Waals surface area (Å²) in [5, 5.41) is 0. The average Bonchev–Trinajstić information content (AvgIpc) is 2.28. The van der Waals surface area contributed by atoms with Gasteiger partial charge in [-0.25, -0.2) is 0 Å². The molecule has 4 nitrogen and oxygen atoms in total. The second-order valence-electron chi connectivity index (χ2n) is 4.00. The van der Waals surface area contributed by atoms with Crippen LogP contribution in [0.4, 0.5) is 0 Å². The van der Waals surface area contributed by atoms with Crippen molar-refractivity contribution >= 4 is 12.3 Å². The minimum atomic E-state index is -0.852. The molecule has 1 rings (SSSR count). The van der Waals surface area contributed by atoms with Gasteiger partial charge in [0.2, 0.25) is 0 Å². The van der Waals surface area contributed by atoms with Crippen molar-refractivity contribution in [1.29, 1.82) is 0 Å². The van der Waals surface area contributed by atoms with Crippen LogP contribution >= 0.6 is 0 Å². The maximum Gasteiger partial charge on any atom is 0.330 e. The first kappa shape index (κ1) is 12.2. The van der Waals surface area contributed by atoms with Crippen molar-refractivity contribution in [3.63, 3.8) is 0 Å². The highest BCUT2D eigenvalue weighted by molar-refractivity contribution is 5.87. The average molecular weight is 214 g/mol. The van der Waals surface area contributed by atoms with Crippen LogP contribution in [0.1, 0.15) is 51.9 Å². The van der Waals surface area contributed by atoms with Gasteiger partial charge in [0.25, 0.3) is 0 Å². The maximum atomic E-state index is 11.9. The lowest BCUT2D eigenvalue weighted by Crippen LogP contribution is -2.43. The zero-order chi connectivity index (χ0) is 11.1. The Kier molecular flexibility index (Phi) is 4.75. The van der Waals surface area contributed by atoms with E-state index < -0.39 is 5.60 Å². The highest BCUT2D eigenvalue weighted by atomic mass is 17.2. The van der Waals surface area contributed by atoms with E-state index in [2.05, 4.69) is 4.89 Å². The van der Waals surface area contributed by atoms with Crippen LogP contribution in [0.3, 0.4) is 0 Å². The summed E-state index contributed by atoms with van der Waals surface area (Å²) in [6.45, 7) is 2.19. The number of hydrogen-bond donors (Lipinski definition) is 0. The van der Waals surface area contributed by atoms with E-state index in [1.165, 1.54) is 0 Å². The Hall–Kier alpha value is -0.900. The van der Waals surface area contributed by atoms with E-state index in [0.717, 1.165) is 25.7 Å². The minimum Gasteiger partial charge on any atom is -0.301 e. The third-order valence-corrected chi connectivity index (χ3v) is 2.89. The van der Waals surface area contributed by atoms with Crippen LogP contribution in [-0.2, 0) is 19.4 Å². The van der Waals surface area contributed by atoms with E-state index in [0.29, 0.717) is 19.3 Å². The highest BCUT2D eigenvalue weighted by Gasteiger charge is 2.41. The summed E-state index contributed by atoms with van der Waals surface area (Å²) in [5.41, 5.74) is -0.852. The van der Waals surface area contributed by atoms with E-state index in [1.807, 2.05) is 6.92 Å². The Balaban J connectivity index is 2.64. The van der Waals surface area contributed by atoms with E-state index >= 15 is 0 Å². The monoisotopic (exact) mass is 214 g/mol. The molecule has 1 fully saturated rings. The molecule has 1 aliphatic carbocycles. The Morgan fingerprint density at radius 3 is 2.53 bits per heavy atom. The fourth-order valence-corrected chi connectivity index (χ4v) is 2.10. The van der Waals surface area contributed by atoms with Crippen molar-refractivity contribution in [2.24, 2.45) is 0 Å². The van der Waals surface area contributed by atoms with Gasteiger partial charge >= 0.3 is 6.47 Å². The van der Waals surface area contributed by atoms with Crippen molar-refractivity contribution in [3.8, 4) is 0 Å². The van der Waals surface area contributed by atoms with Gasteiger partial charge in [-0.1, -0.05) is 13.3 Å². The van der Waals surface area contributed by atoms with Gasteiger partial charge in [0.05, 0.1) is 0 Å². The van der Waals surface area contributed by atoms with Crippen LogP contribution in [0.25, 0.3) is 0 Å². The quantitative estimate of drug-likeness (QED) is 0.386.